The second-order valence-electron chi connectivity index (χ2n) is 4.96. The minimum atomic E-state index is -0.118. The largest absolute Gasteiger partial charge is 0.379 e. The minimum absolute atomic E-state index is 0.118. The van der Waals surface area contributed by atoms with E-state index in [1.807, 2.05) is 6.07 Å². The van der Waals surface area contributed by atoms with E-state index in [1.165, 1.54) is 0 Å². The molecule has 0 bridgehead atoms. The lowest BCUT2D eigenvalue weighted by Gasteiger charge is -2.26. The van der Waals surface area contributed by atoms with Gasteiger partial charge in [-0.3, -0.25) is 4.90 Å². The number of morpholine rings is 1. The Bertz CT molecular complexity index is 573. The topological polar surface area (TPSA) is 17.4 Å². The highest BCUT2D eigenvalue weighted by Gasteiger charge is 2.16. The number of benzene rings is 1. The van der Waals surface area contributed by atoms with Gasteiger partial charge < -0.3 is 9.30 Å². The summed E-state index contributed by atoms with van der Waals surface area (Å²) in [6.45, 7) is 7.14. The fourth-order valence-electron chi connectivity index (χ4n) is 2.77. The van der Waals surface area contributed by atoms with Gasteiger partial charge in [0.25, 0.3) is 0 Å². The van der Waals surface area contributed by atoms with Gasteiger partial charge in [-0.05, 0) is 24.6 Å². The van der Waals surface area contributed by atoms with E-state index in [-0.39, 0.29) is 5.82 Å². The van der Waals surface area contributed by atoms with Gasteiger partial charge >= 0.3 is 0 Å². The van der Waals surface area contributed by atoms with Crippen LogP contribution in [0.15, 0.2) is 24.4 Å². The smallest absolute Gasteiger partial charge is 0.132 e. The van der Waals surface area contributed by atoms with Crippen LogP contribution in [0.4, 0.5) is 4.39 Å². The van der Waals surface area contributed by atoms with Gasteiger partial charge in [0.1, 0.15) is 5.82 Å². The van der Waals surface area contributed by atoms with Crippen molar-refractivity contribution in [2.45, 2.75) is 20.0 Å². The monoisotopic (exact) mass is 262 g/mol. The Morgan fingerprint density at radius 3 is 2.79 bits per heavy atom. The first-order valence-electron chi connectivity index (χ1n) is 6.86. The summed E-state index contributed by atoms with van der Waals surface area (Å²) in [7, 11) is 0. The number of halogens is 1. The zero-order chi connectivity index (χ0) is 13.2. The highest BCUT2D eigenvalue weighted by atomic mass is 19.1. The Morgan fingerprint density at radius 1 is 1.26 bits per heavy atom. The molecule has 4 heteroatoms. The molecule has 0 atom stereocenters. The fourth-order valence-corrected chi connectivity index (χ4v) is 2.77. The van der Waals surface area contributed by atoms with Gasteiger partial charge in [0.05, 0.1) is 18.7 Å². The van der Waals surface area contributed by atoms with Crippen molar-refractivity contribution < 1.29 is 9.13 Å². The normalized spacial score (nSPS) is 17.2. The maximum absolute atomic E-state index is 14.1. The number of rotatable bonds is 3. The number of hydrogen-bond acceptors (Lipinski definition) is 2. The first kappa shape index (κ1) is 12.6. The predicted octanol–water partition coefficient (Wildman–Crippen LogP) is 2.63. The van der Waals surface area contributed by atoms with Gasteiger partial charge in [0, 0.05) is 37.8 Å². The Morgan fingerprint density at radius 2 is 2.05 bits per heavy atom. The zero-order valence-electron chi connectivity index (χ0n) is 11.2. The molecule has 1 aliphatic rings. The van der Waals surface area contributed by atoms with Crippen LogP contribution in [0.2, 0.25) is 0 Å². The molecule has 1 aromatic heterocycles. The molecule has 2 aromatic rings. The molecule has 0 radical (unpaired) electrons. The summed E-state index contributed by atoms with van der Waals surface area (Å²) in [5.41, 5.74) is 2.07. The molecular weight excluding hydrogens is 243 g/mol. The summed E-state index contributed by atoms with van der Waals surface area (Å²) in [5.74, 6) is -0.118. The highest BCUT2D eigenvalue weighted by Crippen LogP contribution is 2.25. The lowest BCUT2D eigenvalue weighted by Crippen LogP contribution is -2.35. The first-order valence-corrected chi connectivity index (χ1v) is 6.86. The molecule has 1 fully saturated rings. The quantitative estimate of drug-likeness (QED) is 0.846. The van der Waals surface area contributed by atoms with Crippen LogP contribution < -0.4 is 0 Å². The second kappa shape index (κ2) is 5.31. The summed E-state index contributed by atoms with van der Waals surface area (Å²) >= 11 is 0. The lowest BCUT2D eigenvalue weighted by molar-refractivity contribution is 0.0343. The molecule has 3 rings (SSSR count). The third-order valence-corrected chi connectivity index (χ3v) is 3.77. The van der Waals surface area contributed by atoms with Gasteiger partial charge in [-0.2, -0.15) is 0 Å². The van der Waals surface area contributed by atoms with Gasteiger partial charge in [0.15, 0.2) is 0 Å². The number of hydrogen-bond donors (Lipinski definition) is 0. The van der Waals surface area contributed by atoms with Gasteiger partial charge in [-0.25, -0.2) is 4.39 Å². The standard InChI is InChI=1S/C15H19FN2O/c1-2-18-11-12(10-17-6-8-19-9-7-17)15-13(16)4-3-5-14(15)18/h3-5,11H,2,6-10H2,1H3. The third-order valence-electron chi connectivity index (χ3n) is 3.77. The van der Waals surface area contributed by atoms with Crippen molar-refractivity contribution in [1.82, 2.24) is 9.47 Å². The molecule has 2 heterocycles. The maximum Gasteiger partial charge on any atom is 0.132 e. The fraction of sp³-hybridized carbons (Fsp3) is 0.467. The van der Waals surface area contributed by atoms with Gasteiger partial charge in [-0.1, -0.05) is 6.07 Å². The van der Waals surface area contributed by atoms with Crippen molar-refractivity contribution in [2.75, 3.05) is 26.3 Å². The molecule has 0 saturated carbocycles. The van der Waals surface area contributed by atoms with Crippen LogP contribution in [0.5, 0.6) is 0 Å². The predicted molar refractivity (Wildman–Crippen MR) is 73.7 cm³/mol. The molecule has 0 N–H and O–H groups in total. The molecule has 0 amide bonds. The molecule has 1 saturated heterocycles. The average molecular weight is 262 g/mol. The second-order valence-corrected chi connectivity index (χ2v) is 4.96. The summed E-state index contributed by atoms with van der Waals surface area (Å²) in [4.78, 5) is 2.32. The SMILES string of the molecule is CCn1cc(CN2CCOCC2)c2c(F)cccc21. The highest BCUT2D eigenvalue weighted by molar-refractivity contribution is 5.84. The zero-order valence-corrected chi connectivity index (χ0v) is 11.2. The average Bonchev–Trinajstić information content (AvgIpc) is 2.79. The summed E-state index contributed by atoms with van der Waals surface area (Å²) < 4.78 is 21.6. The van der Waals surface area contributed by atoms with Crippen molar-refractivity contribution >= 4 is 10.9 Å². The molecular formula is C15H19FN2O. The number of nitrogens with zero attached hydrogens (tertiary/aromatic N) is 2. The molecule has 0 unspecified atom stereocenters. The molecule has 1 aliphatic heterocycles. The Kier molecular flexibility index (Phi) is 3.53. The van der Waals surface area contributed by atoms with E-state index in [9.17, 15) is 4.39 Å². The van der Waals surface area contributed by atoms with E-state index in [0.29, 0.717) is 0 Å². The van der Waals surface area contributed by atoms with E-state index < -0.39 is 0 Å². The van der Waals surface area contributed by atoms with E-state index in [2.05, 4.69) is 22.6 Å². The van der Waals surface area contributed by atoms with Crippen molar-refractivity contribution in [3.05, 3.63) is 35.8 Å². The van der Waals surface area contributed by atoms with Gasteiger partial charge in [-0.15, -0.1) is 0 Å². The molecule has 0 spiro atoms. The van der Waals surface area contributed by atoms with E-state index in [4.69, 9.17) is 4.74 Å². The summed E-state index contributed by atoms with van der Waals surface area (Å²) in [6.07, 6.45) is 2.09. The molecule has 19 heavy (non-hydrogen) atoms. The van der Waals surface area contributed by atoms with Crippen molar-refractivity contribution in [3.8, 4) is 0 Å². The lowest BCUT2D eigenvalue weighted by atomic mass is 10.1. The van der Waals surface area contributed by atoms with Crippen LogP contribution in [-0.4, -0.2) is 35.8 Å². The van der Waals surface area contributed by atoms with Crippen molar-refractivity contribution in [1.29, 1.82) is 0 Å². The third kappa shape index (κ3) is 2.38. The van der Waals surface area contributed by atoms with Crippen LogP contribution in [0.1, 0.15) is 12.5 Å². The summed E-state index contributed by atoms with van der Waals surface area (Å²) in [5, 5.41) is 0.774. The molecule has 1 aromatic carbocycles. The van der Waals surface area contributed by atoms with Crippen LogP contribution in [0.3, 0.4) is 0 Å². The number of aromatic nitrogens is 1. The molecule has 0 aliphatic carbocycles. The van der Waals surface area contributed by atoms with Crippen LogP contribution >= 0.6 is 0 Å². The maximum atomic E-state index is 14.1. The Labute approximate surface area is 112 Å². The van der Waals surface area contributed by atoms with Gasteiger partial charge in [0.2, 0.25) is 0 Å². The van der Waals surface area contributed by atoms with Crippen LogP contribution in [-0.2, 0) is 17.8 Å². The summed E-state index contributed by atoms with van der Waals surface area (Å²) in [6, 6.07) is 5.32. The van der Waals surface area contributed by atoms with Crippen LogP contribution in [0, 0.1) is 5.82 Å². The molecule has 3 nitrogen and oxygen atoms in total. The van der Waals surface area contributed by atoms with E-state index >= 15 is 0 Å². The van der Waals surface area contributed by atoms with E-state index in [0.717, 1.165) is 55.9 Å². The first-order chi connectivity index (χ1) is 9.29. The minimum Gasteiger partial charge on any atom is -0.379 e. The number of fused-ring (bicyclic) bond motifs is 1. The van der Waals surface area contributed by atoms with E-state index in [1.54, 1.807) is 12.1 Å². The van der Waals surface area contributed by atoms with Crippen molar-refractivity contribution in [2.24, 2.45) is 0 Å². The van der Waals surface area contributed by atoms with Crippen molar-refractivity contribution in [3.63, 3.8) is 0 Å². The number of aryl methyl sites for hydroxylation is 1. The number of ether oxygens (including phenoxy) is 1. The Balaban J connectivity index is 1.98. The van der Waals surface area contributed by atoms with Crippen LogP contribution in [0.25, 0.3) is 10.9 Å². The Hall–Kier alpha value is -1.39. The molecule has 102 valence electrons.